The second-order valence-corrected chi connectivity index (χ2v) is 4.96. The van der Waals surface area contributed by atoms with E-state index in [-0.39, 0.29) is 11.4 Å². The molecule has 0 fully saturated rings. The molecule has 102 valence electrons. The molecule has 1 aromatic heterocycles. The predicted molar refractivity (Wildman–Crippen MR) is 56.0 cm³/mol. The van der Waals surface area contributed by atoms with Crippen molar-refractivity contribution >= 4 is 10.0 Å². The highest BCUT2D eigenvalue weighted by atomic mass is 32.2. The van der Waals surface area contributed by atoms with Crippen molar-refractivity contribution in [1.29, 1.82) is 0 Å². The number of rotatable bonds is 2. The molecule has 0 bridgehead atoms. The molecule has 3 N–H and O–H groups in total. The van der Waals surface area contributed by atoms with Crippen LogP contribution in [-0.4, -0.2) is 29.0 Å². The summed E-state index contributed by atoms with van der Waals surface area (Å²) in [7, 11) is -4.61. The number of H-pyrrole nitrogens is 1. The van der Waals surface area contributed by atoms with Crippen molar-refractivity contribution in [2.75, 3.05) is 0 Å². The quantitative estimate of drug-likeness (QED) is 0.838. The molecule has 0 saturated heterocycles. The van der Waals surface area contributed by atoms with Crippen LogP contribution in [0.1, 0.15) is 5.56 Å². The van der Waals surface area contributed by atoms with Crippen molar-refractivity contribution < 1.29 is 21.6 Å². The molecule has 0 aliphatic rings. The van der Waals surface area contributed by atoms with Crippen molar-refractivity contribution in [3.8, 4) is 11.4 Å². The first kappa shape index (κ1) is 13.4. The van der Waals surface area contributed by atoms with E-state index in [2.05, 4.69) is 15.4 Å². The van der Waals surface area contributed by atoms with Gasteiger partial charge >= 0.3 is 6.18 Å². The maximum absolute atomic E-state index is 12.8. The first-order chi connectivity index (χ1) is 8.71. The van der Waals surface area contributed by atoms with Crippen molar-refractivity contribution in [3.63, 3.8) is 0 Å². The van der Waals surface area contributed by atoms with E-state index in [0.29, 0.717) is 6.07 Å². The number of hydrogen-bond donors (Lipinski definition) is 2. The molecule has 0 spiro atoms. The summed E-state index contributed by atoms with van der Waals surface area (Å²) in [6, 6.07) is 2.76. The Labute approximate surface area is 104 Å². The van der Waals surface area contributed by atoms with E-state index in [1.54, 1.807) is 0 Å². The third kappa shape index (κ3) is 2.56. The summed E-state index contributed by atoms with van der Waals surface area (Å²) < 4.78 is 61.3. The first-order valence-electron chi connectivity index (χ1n) is 4.68. The zero-order valence-electron chi connectivity index (χ0n) is 9.01. The normalized spacial score (nSPS) is 12.6. The Morgan fingerprint density at radius 1 is 1.26 bits per heavy atom. The molecule has 0 atom stereocenters. The molecule has 2 aromatic rings. The van der Waals surface area contributed by atoms with Crippen LogP contribution < -0.4 is 5.14 Å². The summed E-state index contributed by atoms with van der Waals surface area (Å²) in [6.07, 6.45) is -4.87. The van der Waals surface area contributed by atoms with Gasteiger partial charge in [-0.05, 0) is 17.3 Å². The fourth-order valence-corrected chi connectivity index (χ4v) is 2.47. The van der Waals surface area contributed by atoms with E-state index in [1.165, 1.54) is 0 Å². The minimum atomic E-state index is -4.87. The molecule has 11 heteroatoms. The van der Waals surface area contributed by atoms with E-state index in [9.17, 15) is 21.6 Å². The van der Waals surface area contributed by atoms with Crippen LogP contribution >= 0.6 is 0 Å². The molecule has 0 unspecified atom stereocenters. The number of primary sulfonamides is 1. The molecular formula is C8H6F3N5O2S. The van der Waals surface area contributed by atoms with Gasteiger partial charge in [0.15, 0.2) is 0 Å². The molecular weight excluding hydrogens is 287 g/mol. The number of nitrogens with two attached hydrogens (primary N) is 1. The second kappa shape index (κ2) is 4.28. The number of nitrogens with zero attached hydrogens (tertiary/aromatic N) is 3. The summed E-state index contributed by atoms with van der Waals surface area (Å²) in [5, 5.41) is 16.9. The van der Waals surface area contributed by atoms with Gasteiger partial charge in [-0.25, -0.2) is 13.6 Å². The van der Waals surface area contributed by atoms with Gasteiger partial charge in [-0.1, -0.05) is 6.07 Å². The molecule has 1 heterocycles. The van der Waals surface area contributed by atoms with Crippen LogP contribution in [0, 0.1) is 0 Å². The van der Waals surface area contributed by atoms with Crippen LogP contribution in [0.25, 0.3) is 11.4 Å². The number of hydrogen-bond acceptors (Lipinski definition) is 5. The lowest BCUT2D eigenvalue weighted by molar-refractivity contribution is -0.139. The highest BCUT2D eigenvalue weighted by Gasteiger charge is 2.38. The first-order valence-corrected chi connectivity index (χ1v) is 6.22. The van der Waals surface area contributed by atoms with Gasteiger partial charge in [0.25, 0.3) is 0 Å². The maximum Gasteiger partial charge on any atom is 0.417 e. The molecule has 7 nitrogen and oxygen atoms in total. The van der Waals surface area contributed by atoms with Crippen LogP contribution in [0.5, 0.6) is 0 Å². The van der Waals surface area contributed by atoms with Gasteiger partial charge in [-0.3, -0.25) is 0 Å². The highest BCUT2D eigenvalue weighted by molar-refractivity contribution is 7.89. The fourth-order valence-electron chi connectivity index (χ4n) is 1.52. The Morgan fingerprint density at radius 2 is 1.95 bits per heavy atom. The average molecular weight is 293 g/mol. The summed E-state index contributed by atoms with van der Waals surface area (Å²) in [6.45, 7) is 0. The van der Waals surface area contributed by atoms with Crippen molar-refractivity contribution in [1.82, 2.24) is 20.6 Å². The minimum absolute atomic E-state index is 0.296. The number of nitrogens with one attached hydrogen (secondary N) is 1. The van der Waals surface area contributed by atoms with E-state index in [0.717, 1.165) is 12.1 Å². The largest absolute Gasteiger partial charge is 0.417 e. The van der Waals surface area contributed by atoms with Crippen LogP contribution in [0.3, 0.4) is 0 Å². The topological polar surface area (TPSA) is 115 Å². The van der Waals surface area contributed by atoms with Crippen molar-refractivity contribution in [2.24, 2.45) is 5.14 Å². The number of benzene rings is 1. The number of alkyl halides is 3. The highest BCUT2D eigenvalue weighted by Crippen LogP contribution is 2.37. The van der Waals surface area contributed by atoms with Crippen LogP contribution in [0.15, 0.2) is 23.1 Å². The van der Waals surface area contributed by atoms with Gasteiger partial charge in [0.05, 0.1) is 5.56 Å². The molecule has 19 heavy (non-hydrogen) atoms. The monoisotopic (exact) mass is 293 g/mol. The second-order valence-electron chi connectivity index (χ2n) is 3.46. The Balaban J connectivity index is 2.84. The third-order valence-electron chi connectivity index (χ3n) is 2.19. The van der Waals surface area contributed by atoms with Gasteiger partial charge in [0.2, 0.25) is 15.8 Å². The van der Waals surface area contributed by atoms with Gasteiger partial charge in [-0.15, -0.1) is 10.2 Å². The van der Waals surface area contributed by atoms with Crippen LogP contribution in [-0.2, 0) is 16.2 Å². The summed E-state index contributed by atoms with van der Waals surface area (Å²) in [5.41, 5.74) is -1.75. The summed E-state index contributed by atoms with van der Waals surface area (Å²) in [5.74, 6) is -0.296. The molecule has 1 aromatic carbocycles. The number of tetrazole rings is 1. The van der Waals surface area contributed by atoms with Gasteiger partial charge < -0.3 is 0 Å². The predicted octanol–water partition coefficient (Wildman–Crippen LogP) is 0.533. The molecule has 0 saturated carbocycles. The average Bonchev–Trinajstić information content (AvgIpc) is 2.79. The lowest BCUT2D eigenvalue weighted by Gasteiger charge is -2.13. The van der Waals surface area contributed by atoms with E-state index in [4.69, 9.17) is 5.14 Å². The molecule has 2 rings (SSSR count). The molecule has 0 radical (unpaired) electrons. The summed E-state index contributed by atoms with van der Waals surface area (Å²) >= 11 is 0. The number of aromatic nitrogens is 4. The van der Waals surface area contributed by atoms with E-state index >= 15 is 0 Å². The Morgan fingerprint density at radius 3 is 2.42 bits per heavy atom. The Bertz CT molecular complexity index is 696. The van der Waals surface area contributed by atoms with Crippen molar-refractivity contribution in [3.05, 3.63) is 23.8 Å². The Kier molecular flexibility index (Phi) is 3.02. The van der Waals surface area contributed by atoms with Crippen LogP contribution in [0.4, 0.5) is 13.2 Å². The number of aromatic amines is 1. The van der Waals surface area contributed by atoms with Gasteiger partial charge in [0, 0.05) is 5.56 Å². The number of halogens is 3. The van der Waals surface area contributed by atoms with E-state index < -0.39 is 26.7 Å². The van der Waals surface area contributed by atoms with E-state index in [1.807, 2.05) is 5.21 Å². The van der Waals surface area contributed by atoms with Crippen LogP contribution in [0.2, 0.25) is 0 Å². The fraction of sp³-hybridized carbons (Fsp3) is 0.125. The zero-order chi connectivity index (χ0) is 14.3. The van der Waals surface area contributed by atoms with Gasteiger partial charge in [-0.2, -0.15) is 18.4 Å². The molecule has 0 amide bonds. The lowest BCUT2D eigenvalue weighted by Crippen LogP contribution is -2.20. The standard InChI is InChI=1S/C8H6F3N5O2S/c9-8(10,11)5-3-1-2-4(6(5)19(12,17)18)7-13-15-16-14-7/h1-3H,(H2,12,17,18)(H,13,14,15,16). The van der Waals surface area contributed by atoms with Crippen molar-refractivity contribution in [2.45, 2.75) is 11.1 Å². The zero-order valence-corrected chi connectivity index (χ0v) is 9.83. The Hall–Kier alpha value is -2.01. The lowest BCUT2D eigenvalue weighted by atomic mass is 10.1. The summed E-state index contributed by atoms with van der Waals surface area (Å²) in [4.78, 5) is -1.08. The third-order valence-corrected chi connectivity index (χ3v) is 3.20. The SMILES string of the molecule is NS(=O)(=O)c1c(-c2nn[nH]n2)cccc1C(F)(F)F. The molecule has 0 aliphatic heterocycles. The maximum atomic E-state index is 12.8. The minimum Gasteiger partial charge on any atom is -0.225 e. The number of sulfonamides is 1. The van der Waals surface area contributed by atoms with Gasteiger partial charge in [0.1, 0.15) is 4.90 Å². The molecule has 0 aliphatic carbocycles. The smallest absolute Gasteiger partial charge is 0.225 e.